The first kappa shape index (κ1) is 21.6. The molecule has 0 unspecified atom stereocenters. The standard InChI is InChI=1S/C24H30N4O2/c1-16(2)24(4)13-21(29)28(23(25)27-24)15-18-9-11-19(12-10-18)22(30)26-14-20-8-6-5-7-17(20)3/h5-12,16H,13-15H2,1-4H3,(H2,25,27)(H,26,30)/t24-/m0/s1. The number of aryl methyl sites for hydroxylation is 1. The lowest BCUT2D eigenvalue weighted by Crippen LogP contribution is -2.51. The summed E-state index contributed by atoms with van der Waals surface area (Å²) in [5, 5.41) is 2.95. The van der Waals surface area contributed by atoms with Crippen molar-refractivity contribution in [2.75, 3.05) is 0 Å². The van der Waals surface area contributed by atoms with Crippen LogP contribution in [0.5, 0.6) is 0 Å². The summed E-state index contributed by atoms with van der Waals surface area (Å²) < 4.78 is 0. The summed E-state index contributed by atoms with van der Waals surface area (Å²) in [5.74, 6) is 0.313. The molecule has 0 radical (unpaired) electrons. The average molecular weight is 407 g/mol. The fourth-order valence-corrected chi connectivity index (χ4v) is 3.42. The number of benzene rings is 2. The van der Waals surface area contributed by atoms with Gasteiger partial charge in [0.25, 0.3) is 5.91 Å². The van der Waals surface area contributed by atoms with Crippen LogP contribution in [0.3, 0.4) is 0 Å². The normalized spacial score (nSPS) is 19.0. The van der Waals surface area contributed by atoms with Crippen LogP contribution in [-0.4, -0.2) is 28.2 Å². The van der Waals surface area contributed by atoms with E-state index in [1.807, 2.05) is 64.1 Å². The molecular formula is C24H30N4O2. The first-order chi connectivity index (χ1) is 14.2. The van der Waals surface area contributed by atoms with Crippen molar-refractivity contribution in [1.29, 1.82) is 0 Å². The molecule has 1 atom stereocenters. The van der Waals surface area contributed by atoms with Crippen LogP contribution < -0.4 is 11.1 Å². The Morgan fingerprint density at radius 2 is 1.87 bits per heavy atom. The van der Waals surface area contributed by atoms with Gasteiger partial charge in [-0.25, -0.2) is 4.99 Å². The highest BCUT2D eigenvalue weighted by atomic mass is 16.2. The number of carbonyl (C=O) groups is 2. The molecule has 1 aliphatic rings. The highest BCUT2D eigenvalue weighted by Gasteiger charge is 2.38. The molecule has 0 spiro atoms. The molecule has 6 heteroatoms. The average Bonchev–Trinajstić information content (AvgIpc) is 2.70. The van der Waals surface area contributed by atoms with Crippen molar-refractivity contribution in [3.05, 3.63) is 70.8 Å². The number of amides is 2. The number of hydrogen-bond donors (Lipinski definition) is 2. The third-order valence-electron chi connectivity index (χ3n) is 5.96. The maximum atomic E-state index is 12.7. The molecule has 2 aromatic rings. The van der Waals surface area contributed by atoms with E-state index in [1.54, 1.807) is 12.1 Å². The molecular weight excluding hydrogens is 376 g/mol. The predicted octanol–water partition coefficient (Wildman–Crippen LogP) is 3.39. The number of hydrogen-bond acceptors (Lipinski definition) is 4. The van der Waals surface area contributed by atoms with Crippen molar-refractivity contribution in [3.63, 3.8) is 0 Å². The van der Waals surface area contributed by atoms with Crippen LogP contribution >= 0.6 is 0 Å². The van der Waals surface area contributed by atoms with Gasteiger partial charge in [0.05, 0.1) is 18.5 Å². The van der Waals surface area contributed by atoms with Crippen molar-refractivity contribution in [2.45, 2.75) is 52.7 Å². The van der Waals surface area contributed by atoms with Crippen molar-refractivity contribution < 1.29 is 9.59 Å². The third-order valence-corrected chi connectivity index (χ3v) is 5.96. The van der Waals surface area contributed by atoms with Gasteiger partial charge in [-0.15, -0.1) is 0 Å². The SMILES string of the molecule is Cc1ccccc1CNC(=O)c1ccc(CN2C(=O)C[C@@](C)(C(C)C)N=C2N)cc1. The van der Waals surface area contributed by atoms with Crippen molar-refractivity contribution in [2.24, 2.45) is 16.6 Å². The molecule has 0 saturated carbocycles. The van der Waals surface area contributed by atoms with Gasteiger partial charge in [0.2, 0.25) is 5.91 Å². The van der Waals surface area contributed by atoms with Gasteiger partial charge in [-0.1, -0.05) is 50.2 Å². The van der Waals surface area contributed by atoms with E-state index in [0.717, 1.165) is 16.7 Å². The van der Waals surface area contributed by atoms with E-state index in [0.29, 0.717) is 25.1 Å². The topological polar surface area (TPSA) is 87.8 Å². The van der Waals surface area contributed by atoms with E-state index < -0.39 is 5.54 Å². The highest BCUT2D eigenvalue weighted by molar-refractivity contribution is 5.99. The van der Waals surface area contributed by atoms with Gasteiger partial charge in [-0.05, 0) is 48.6 Å². The fourth-order valence-electron chi connectivity index (χ4n) is 3.42. The maximum Gasteiger partial charge on any atom is 0.251 e. The smallest absolute Gasteiger partial charge is 0.251 e. The minimum atomic E-state index is -0.462. The molecule has 1 heterocycles. The van der Waals surface area contributed by atoms with Crippen LogP contribution in [-0.2, 0) is 17.9 Å². The number of carbonyl (C=O) groups excluding carboxylic acids is 2. The molecule has 30 heavy (non-hydrogen) atoms. The molecule has 3 rings (SSSR count). The number of nitrogens with one attached hydrogen (secondary N) is 1. The second-order valence-corrected chi connectivity index (χ2v) is 8.44. The summed E-state index contributed by atoms with van der Waals surface area (Å²) in [6.45, 7) is 8.90. The molecule has 1 aliphatic heterocycles. The summed E-state index contributed by atoms with van der Waals surface area (Å²) in [5.41, 5.74) is 9.35. The van der Waals surface area contributed by atoms with Gasteiger partial charge in [-0.3, -0.25) is 14.5 Å². The number of nitrogens with zero attached hydrogens (tertiary/aromatic N) is 2. The van der Waals surface area contributed by atoms with Gasteiger partial charge in [0.1, 0.15) is 0 Å². The van der Waals surface area contributed by atoms with Crippen molar-refractivity contribution >= 4 is 17.8 Å². The summed E-state index contributed by atoms with van der Waals surface area (Å²) in [6.07, 6.45) is 0.338. The Balaban J connectivity index is 1.64. The highest BCUT2D eigenvalue weighted by Crippen LogP contribution is 2.30. The largest absolute Gasteiger partial charge is 0.369 e. The molecule has 0 aromatic heterocycles. The first-order valence-electron chi connectivity index (χ1n) is 10.3. The zero-order valence-electron chi connectivity index (χ0n) is 18.1. The lowest BCUT2D eigenvalue weighted by atomic mass is 9.84. The Bertz CT molecular complexity index is 965. The number of nitrogens with two attached hydrogens (primary N) is 1. The third kappa shape index (κ3) is 4.70. The van der Waals surface area contributed by atoms with E-state index in [4.69, 9.17) is 5.73 Å². The van der Waals surface area contributed by atoms with Crippen molar-refractivity contribution in [3.8, 4) is 0 Å². The molecule has 6 nitrogen and oxygen atoms in total. The number of rotatable bonds is 6. The molecule has 0 fully saturated rings. The van der Waals surface area contributed by atoms with Crippen LogP contribution in [0.25, 0.3) is 0 Å². The zero-order valence-corrected chi connectivity index (χ0v) is 18.1. The Hall–Kier alpha value is -3.15. The predicted molar refractivity (Wildman–Crippen MR) is 119 cm³/mol. The quantitative estimate of drug-likeness (QED) is 0.771. The van der Waals surface area contributed by atoms with Gasteiger partial charge in [0, 0.05) is 12.1 Å². The maximum absolute atomic E-state index is 12.7. The minimum absolute atomic E-state index is 0.0289. The minimum Gasteiger partial charge on any atom is -0.369 e. The number of guanidine groups is 1. The van der Waals surface area contributed by atoms with Crippen molar-refractivity contribution in [1.82, 2.24) is 10.2 Å². The second kappa shape index (κ2) is 8.69. The van der Waals surface area contributed by atoms with Gasteiger partial charge < -0.3 is 11.1 Å². The van der Waals surface area contributed by atoms with Gasteiger partial charge >= 0.3 is 0 Å². The summed E-state index contributed by atoms with van der Waals surface area (Å²) in [7, 11) is 0. The van der Waals surface area contributed by atoms with E-state index in [-0.39, 0.29) is 23.7 Å². The van der Waals surface area contributed by atoms with E-state index in [9.17, 15) is 9.59 Å². The van der Waals surface area contributed by atoms with Gasteiger partial charge in [-0.2, -0.15) is 0 Å². The van der Waals surface area contributed by atoms with Gasteiger partial charge in [0.15, 0.2) is 5.96 Å². The molecule has 0 saturated heterocycles. The molecule has 3 N–H and O–H groups in total. The molecule has 0 bridgehead atoms. The van der Waals surface area contributed by atoms with Crippen LogP contribution in [0, 0.1) is 12.8 Å². The summed E-state index contributed by atoms with van der Waals surface area (Å²) >= 11 is 0. The Kier molecular flexibility index (Phi) is 6.25. The van der Waals surface area contributed by atoms with Crippen LogP contribution in [0.15, 0.2) is 53.5 Å². The fraction of sp³-hybridized carbons (Fsp3) is 0.375. The summed E-state index contributed by atoms with van der Waals surface area (Å²) in [6, 6.07) is 15.2. The zero-order chi connectivity index (χ0) is 21.9. The first-order valence-corrected chi connectivity index (χ1v) is 10.3. The molecule has 0 aliphatic carbocycles. The lowest BCUT2D eigenvalue weighted by molar-refractivity contribution is -0.130. The monoisotopic (exact) mass is 406 g/mol. The van der Waals surface area contributed by atoms with E-state index in [1.165, 1.54) is 4.90 Å². The van der Waals surface area contributed by atoms with Crippen LogP contribution in [0.2, 0.25) is 0 Å². The Labute approximate surface area is 178 Å². The molecule has 2 aromatic carbocycles. The van der Waals surface area contributed by atoms with E-state index in [2.05, 4.69) is 10.3 Å². The van der Waals surface area contributed by atoms with Crippen LogP contribution in [0.4, 0.5) is 0 Å². The summed E-state index contributed by atoms with van der Waals surface area (Å²) in [4.78, 5) is 31.2. The Morgan fingerprint density at radius 3 is 2.47 bits per heavy atom. The second-order valence-electron chi connectivity index (χ2n) is 8.44. The Morgan fingerprint density at radius 1 is 1.20 bits per heavy atom. The lowest BCUT2D eigenvalue weighted by Gasteiger charge is -2.37. The molecule has 158 valence electrons. The molecule has 2 amide bonds. The number of aliphatic imine (C=N–C) groups is 1. The van der Waals surface area contributed by atoms with E-state index >= 15 is 0 Å². The van der Waals surface area contributed by atoms with Crippen LogP contribution in [0.1, 0.15) is 54.2 Å².